The van der Waals surface area contributed by atoms with E-state index in [2.05, 4.69) is 60.3 Å². The lowest BCUT2D eigenvalue weighted by Crippen LogP contribution is -2.37. The van der Waals surface area contributed by atoms with E-state index in [1.165, 1.54) is 17.5 Å². The summed E-state index contributed by atoms with van der Waals surface area (Å²) in [6.07, 6.45) is 10.7. The number of aryl methyl sites for hydroxylation is 1. The van der Waals surface area contributed by atoms with Crippen LogP contribution >= 0.6 is 0 Å². The molecule has 144 valence electrons. The molecule has 0 unspecified atom stereocenters. The zero-order valence-corrected chi connectivity index (χ0v) is 16.7. The highest BCUT2D eigenvalue weighted by atomic mass is 16.1. The summed E-state index contributed by atoms with van der Waals surface area (Å²) in [5.74, 6) is 0.755. The van der Waals surface area contributed by atoms with Gasteiger partial charge in [-0.05, 0) is 60.1 Å². The Hall–Kier alpha value is -2.23. The van der Waals surface area contributed by atoms with Crippen LogP contribution < -0.4 is 5.32 Å². The Bertz CT molecular complexity index is 726. The maximum Gasteiger partial charge on any atom is 0.220 e. The molecular weight excluding hydrogens is 334 g/mol. The predicted molar refractivity (Wildman–Crippen MR) is 109 cm³/mol. The second-order valence-electron chi connectivity index (χ2n) is 8.73. The number of benzene rings is 1. The van der Waals surface area contributed by atoms with Crippen molar-refractivity contribution in [1.29, 1.82) is 0 Å². The van der Waals surface area contributed by atoms with Gasteiger partial charge in [0.15, 0.2) is 0 Å². The van der Waals surface area contributed by atoms with Crippen molar-refractivity contribution in [3.63, 3.8) is 0 Å². The van der Waals surface area contributed by atoms with E-state index in [4.69, 9.17) is 0 Å². The molecule has 4 nitrogen and oxygen atoms in total. The van der Waals surface area contributed by atoms with E-state index < -0.39 is 0 Å². The largest absolute Gasteiger partial charge is 0.353 e. The maximum absolute atomic E-state index is 12.2. The van der Waals surface area contributed by atoms with E-state index in [0.29, 0.717) is 24.8 Å². The zero-order valence-electron chi connectivity index (χ0n) is 16.7. The zero-order chi connectivity index (χ0) is 19.3. The van der Waals surface area contributed by atoms with Gasteiger partial charge in [0.25, 0.3) is 0 Å². The number of amides is 1. The molecule has 1 saturated carbocycles. The van der Waals surface area contributed by atoms with E-state index in [0.717, 1.165) is 31.2 Å². The van der Waals surface area contributed by atoms with Crippen LogP contribution in [0.1, 0.15) is 75.5 Å². The first kappa shape index (κ1) is 19.5. The summed E-state index contributed by atoms with van der Waals surface area (Å²) in [4.78, 5) is 20.2. The number of nitrogens with zero attached hydrogens (tertiary/aromatic N) is 2. The second kappa shape index (κ2) is 8.64. The summed E-state index contributed by atoms with van der Waals surface area (Å²) < 4.78 is 0. The molecule has 3 rings (SSSR count). The first-order valence-corrected chi connectivity index (χ1v) is 10.1. The van der Waals surface area contributed by atoms with Crippen molar-refractivity contribution in [2.75, 3.05) is 0 Å². The summed E-state index contributed by atoms with van der Waals surface area (Å²) >= 11 is 0. The van der Waals surface area contributed by atoms with E-state index in [1.54, 1.807) is 12.4 Å². The molecule has 27 heavy (non-hydrogen) atoms. The quantitative estimate of drug-likeness (QED) is 0.846. The molecule has 1 aromatic heterocycles. The first-order chi connectivity index (χ1) is 12.9. The maximum atomic E-state index is 12.2. The Labute approximate surface area is 162 Å². The minimum absolute atomic E-state index is 0.136. The molecule has 0 bridgehead atoms. The molecule has 1 aliphatic rings. The normalized spacial score (nSPS) is 20.3. The third kappa shape index (κ3) is 5.62. The smallest absolute Gasteiger partial charge is 0.220 e. The van der Waals surface area contributed by atoms with Crippen LogP contribution in [-0.4, -0.2) is 21.9 Å². The van der Waals surface area contributed by atoms with Gasteiger partial charge in [0.2, 0.25) is 5.91 Å². The molecule has 1 aliphatic carbocycles. The van der Waals surface area contributed by atoms with E-state index in [9.17, 15) is 4.79 Å². The average Bonchev–Trinajstić information content (AvgIpc) is 2.67. The molecule has 1 N–H and O–H groups in total. The number of hydrogen-bond donors (Lipinski definition) is 1. The van der Waals surface area contributed by atoms with Crippen LogP contribution in [0.4, 0.5) is 0 Å². The molecule has 1 amide bonds. The van der Waals surface area contributed by atoms with Crippen LogP contribution in [0.15, 0.2) is 43.0 Å². The molecular formula is C23H31N3O. The third-order valence-electron chi connectivity index (χ3n) is 5.60. The molecule has 0 radical (unpaired) electrons. The van der Waals surface area contributed by atoms with Gasteiger partial charge >= 0.3 is 0 Å². The summed E-state index contributed by atoms with van der Waals surface area (Å²) in [5, 5.41) is 3.21. The van der Waals surface area contributed by atoms with Crippen LogP contribution in [0, 0.1) is 0 Å². The van der Waals surface area contributed by atoms with E-state index >= 15 is 0 Å². The Morgan fingerprint density at radius 2 is 1.67 bits per heavy atom. The Kier molecular flexibility index (Phi) is 6.25. The van der Waals surface area contributed by atoms with Crippen molar-refractivity contribution in [2.45, 2.75) is 76.7 Å². The van der Waals surface area contributed by atoms with Gasteiger partial charge in [-0.1, -0.05) is 45.0 Å². The topological polar surface area (TPSA) is 54.9 Å². The van der Waals surface area contributed by atoms with Crippen LogP contribution in [0.5, 0.6) is 0 Å². The molecule has 4 heteroatoms. The Morgan fingerprint density at radius 3 is 2.26 bits per heavy atom. The van der Waals surface area contributed by atoms with Crippen molar-refractivity contribution in [1.82, 2.24) is 15.3 Å². The standard InChI is InChI=1S/C23H31N3O/c1-23(2,3)20-9-5-18(6-10-20)19-7-11-21(12-8-19)26-22(27)13-4-17-14-24-16-25-15-17/h5-6,9-10,14-16,19,21H,4,7-8,11-13H2,1-3H3,(H,26,27). The lowest BCUT2D eigenvalue weighted by atomic mass is 9.80. The van der Waals surface area contributed by atoms with Gasteiger partial charge in [-0.15, -0.1) is 0 Å². The molecule has 0 spiro atoms. The van der Waals surface area contributed by atoms with Crippen molar-refractivity contribution >= 4 is 5.91 Å². The van der Waals surface area contributed by atoms with Crippen LogP contribution in [0.3, 0.4) is 0 Å². The number of carbonyl (C=O) groups is 1. The molecule has 0 aliphatic heterocycles. The number of carbonyl (C=O) groups excluding carboxylic acids is 1. The summed E-state index contributed by atoms with van der Waals surface area (Å²) in [5.41, 5.74) is 4.04. The number of rotatable bonds is 5. The van der Waals surface area contributed by atoms with Crippen molar-refractivity contribution in [3.8, 4) is 0 Å². The molecule has 1 fully saturated rings. The van der Waals surface area contributed by atoms with Gasteiger partial charge in [0.1, 0.15) is 6.33 Å². The fraction of sp³-hybridized carbons (Fsp3) is 0.522. The van der Waals surface area contributed by atoms with Crippen LogP contribution in [0.25, 0.3) is 0 Å². The van der Waals surface area contributed by atoms with Crippen molar-refractivity contribution < 1.29 is 4.79 Å². The fourth-order valence-electron chi connectivity index (χ4n) is 3.84. The molecule has 1 aromatic carbocycles. The molecule has 1 heterocycles. The lowest BCUT2D eigenvalue weighted by Gasteiger charge is -2.30. The van der Waals surface area contributed by atoms with Gasteiger partial charge < -0.3 is 5.32 Å². The monoisotopic (exact) mass is 365 g/mol. The number of nitrogens with one attached hydrogen (secondary N) is 1. The number of hydrogen-bond acceptors (Lipinski definition) is 3. The molecule has 0 saturated heterocycles. The molecule has 2 aromatic rings. The highest BCUT2D eigenvalue weighted by Gasteiger charge is 2.24. The minimum atomic E-state index is 0.136. The summed E-state index contributed by atoms with van der Waals surface area (Å²) in [6.45, 7) is 6.75. The van der Waals surface area contributed by atoms with E-state index in [-0.39, 0.29) is 11.3 Å². The Balaban J connectivity index is 1.44. The van der Waals surface area contributed by atoms with Gasteiger partial charge in [-0.25, -0.2) is 9.97 Å². The van der Waals surface area contributed by atoms with Crippen molar-refractivity contribution in [3.05, 3.63) is 59.7 Å². The van der Waals surface area contributed by atoms with Crippen LogP contribution in [0.2, 0.25) is 0 Å². The van der Waals surface area contributed by atoms with Gasteiger partial charge in [0.05, 0.1) is 0 Å². The second-order valence-corrected chi connectivity index (χ2v) is 8.73. The van der Waals surface area contributed by atoms with Gasteiger partial charge in [-0.2, -0.15) is 0 Å². The van der Waals surface area contributed by atoms with E-state index in [1.807, 2.05) is 0 Å². The highest BCUT2D eigenvalue weighted by Crippen LogP contribution is 2.34. The summed E-state index contributed by atoms with van der Waals surface area (Å²) in [6, 6.07) is 9.46. The minimum Gasteiger partial charge on any atom is -0.353 e. The average molecular weight is 366 g/mol. The third-order valence-corrected chi connectivity index (χ3v) is 5.60. The van der Waals surface area contributed by atoms with Crippen LogP contribution in [-0.2, 0) is 16.6 Å². The predicted octanol–water partition coefficient (Wildman–Crippen LogP) is 4.55. The highest BCUT2D eigenvalue weighted by molar-refractivity contribution is 5.76. The van der Waals surface area contributed by atoms with Gasteiger partial charge in [0, 0.05) is 24.9 Å². The first-order valence-electron chi connectivity index (χ1n) is 10.1. The fourth-order valence-corrected chi connectivity index (χ4v) is 3.84. The van der Waals surface area contributed by atoms with Gasteiger partial charge in [-0.3, -0.25) is 4.79 Å². The molecule has 0 atom stereocenters. The van der Waals surface area contributed by atoms with Crippen molar-refractivity contribution in [2.24, 2.45) is 0 Å². The Morgan fingerprint density at radius 1 is 1.04 bits per heavy atom. The SMILES string of the molecule is CC(C)(C)c1ccc(C2CCC(NC(=O)CCc3cncnc3)CC2)cc1. The lowest BCUT2D eigenvalue weighted by molar-refractivity contribution is -0.122. The summed E-state index contributed by atoms with van der Waals surface area (Å²) in [7, 11) is 0. The number of aromatic nitrogens is 2.